The number of hydrogen-bond donors (Lipinski definition) is 3. The average Bonchev–Trinajstić information content (AvgIpc) is 3.01. The molecule has 0 bridgehead atoms. The maximum absolute atomic E-state index is 13.5. The fraction of sp³-hybridized carbons (Fsp3) is 0.111. The summed E-state index contributed by atoms with van der Waals surface area (Å²) in [4.78, 5) is 25.8. The summed E-state index contributed by atoms with van der Waals surface area (Å²) in [7, 11) is 0. The van der Waals surface area contributed by atoms with Gasteiger partial charge in [-0.3, -0.25) is 4.79 Å². The summed E-state index contributed by atoms with van der Waals surface area (Å²) < 4.78 is 45.0. The summed E-state index contributed by atoms with van der Waals surface area (Å²) in [5, 5.41) is 11.0. The average molecular weight is 447 g/mol. The fourth-order valence-electron chi connectivity index (χ4n) is 2.68. The number of fused-ring (bicyclic) bond motifs is 1. The highest BCUT2D eigenvalue weighted by molar-refractivity contribution is 6.33. The molecule has 0 aliphatic carbocycles. The third-order valence-corrected chi connectivity index (χ3v) is 4.43. The number of aromatic nitrogens is 1. The van der Waals surface area contributed by atoms with E-state index in [1.807, 2.05) is 5.32 Å². The number of hydrogen-bond acceptors (Lipinski definition) is 3. The Morgan fingerprint density at radius 1 is 1.14 bits per heavy atom. The van der Waals surface area contributed by atoms with Crippen molar-refractivity contribution in [2.45, 2.75) is 12.2 Å². The van der Waals surface area contributed by atoms with Gasteiger partial charge in [0.2, 0.25) is 0 Å². The Kier molecular flexibility index (Phi) is 5.63. The molecule has 1 atom stereocenters. The van der Waals surface area contributed by atoms with Gasteiger partial charge in [0.05, 0.1) is 5.02 Å². The minimum Gasteiger partial charge on any atom is -0.449 e. The lowest BCUT2D eigenvalue weighted by Crippen LogP contribution is -2.38. The second-order valence-electron chi connectivity index (χ2n) is 5.92. The van der Waals surface area contributed by atoms with E-state index < -0.39 is 24.3 Å². The number of alkyl halides is 3. The van der Waals surface area contributed by atoms with Crippen molar-refractivity contribution in [1.29, 1.82) is 0 Å². The van der Waals surface area contributed by atoms with Crippen LogP contribution in [0.5, 0.6) is 5.75 Å². The standard InChI is InChI=1S/C18H11Cl2F3N2O4/c19-10-3-1-2-8(4-10)15(18(21,22)23)25-16(26)13-5-9-6-14(29-17(27)28)11(20)7-12(9)24-13/h1-7,15,24H,(H,25,26)(H,27,28). The smallest absolute Gasteiger partial charge is 0.449 e. The second-order valence-corrected chi connectivity index (χ2v) is 6.77. The molecule has 0 spiro atoms. The third kappa shape index (κ3) is 4.75. The number of H-pyrrole nitrogens is 1. The fourth-order valence-corrected chi connectivity index (χ4v) is 3.08. The van der Waals surface area contributed by atoms with Crippen molar-refractivity contribution in [3.05, 3.63) is 63.8 Å². The number of carboxylic acid groups (broad SMARTS) is 1. The molecule has 0 radical (unpaired) electrons. The van der Waals surface area contributed by atoms with Crippen LogP contribution in [0.4, 0.5) is 18.0 Å². The van der Waals surface area contributed by atoms with E-state index in [0.29, 0.717) is 10.9 Å². The molecule has 152 valence electrons. The maximum atomic E-state index is 13.5. The molecular formula is C18H11Cl2F3N2O4. The topological polar surface area (TPSA) is 91.4 Å². The molecule has 29 heavy (non-hydrogen) atoms. The first-order valence-electron chi connectivity index (χ1n) is 7.90. The summed E-state index contributed by atoms with van der Waals surface area (Å²) in [6.45, 7) is 0. The van der Waals surface area contributed by atoms with Crippen molar-refractivity contribution in [2.24, 2.45) is 0 Å². The van der Waals surface area contributed by atoms with Crippen LogP contribution in [0.3, 0.4) is 0 Å². The molecule has 1 aromatic heterocycles. The molecule has 1 amide bonds. The van der Waals surface area contributed by atoms with E-state index in [1.54, 1.807) is 0 Å². The molecule has 3 rings (SSSR count). The van der Waals surface area contributed by atoms with Crippen molar-refractivity contribution in [1.82, 2.24) is 10.3 Å². The molecule has 1 unspecified atom stereocenters. The van der Waals surface area contributed by atoms with E-state index in [1.165, 1.54) is 36.4 Å². The van der Waals surface area contributed by atoms with Crippen LogP contribution in [-0.4, -0.2) is 28.3 Å². The molecule has 0 fully saturated rings. The van der Waals surface area contributed by atoms with Gasteiger partial charge < -0.3 is 20.1 Å². The first kappa shape index (κ1) is 20.8. The SMILES string of the molecule is O=C(O)Oc1cc2cc(C(=O)NC(c3cccc(Cl)c3)C(F)(F)F)[nH]c2cc1Cl. The monoisotopic (exact) mass is 446 g/mol. The van der Waals surface area contributed by atoms with Crippen LogP contribution < -0.4 is 10.1 Å². The second kappa shape index (κ2) is 7.84. The van der Waals surface area contributed by atoms with E-state index in [4.69, 9.17) is 28.3 Å². The lowest BCUT2D eigenvalue weighted by atomic mass is 10.1. The molecule has 6 nitrogen and oxygen atoms in total. The summed E-state index contributed by atoms with van der Waals surface area (Å²) in [6, 6.07) is 6.58. The Balaban J connectivity index is 1.92. The number of halogens is 5. The van der Waals surface area contributed by atoms with Gasteiger partial charge in [0.1, 0.15) is 5.69 Å². The van der Waals surface area contributed by atoms with Crippen LogP contribution >= 0.6 is 23.2 Å². The largest absolute Gasteiger partial charge is 0.511 e. The van der Waals surface area contributed by atoms with Gasteiger partial charge in [-0.2, -0.15) is 13.2 Å². The normalized spacial score (nSPS) is 12.6. The van der Waals surface area contributed by atoms with Crippen molar-refractivity contribution in [3.8, 4) is 5.75 Å². The molecular weight excluding hydrogens is 436 g/mol. The van der Waals surface area contributed by atoms with E-state index in [0.717, 1.165) is 6.07 Å². The predicted molar refractivity (Wildman–Crippen MR) is 99.7 cm³/mol. The molecule has 0 saturated heterocycles. The van der Waals surface area contributed by atoms with E-state index >= 15 is 0 Å². The van der Waals surface area contributed by atoms with Crippen LogP contribution in [0.25, 0.3) is 10.9 Å². The molecule has 11 heteroatoms. The third-order valence-electron chi connectivity index (χ3n) is 3.90. The molecule has 1 heterocycles. The van der Waals surface area contributed by atoms with Gasteiger partial charge in [0.25, 0.3) is 5.91 Å². The van der Waals surface area contributed by atoms with Gasteiger partial charge in [0, 0.05) is 15.9 Å². The van der Waals surface area contributed by atoms with Crippen molar-refractivity contribution < 1.29 is 32.6 Å². The Bertz CT molecular complexity index is 1100. The van der Waals surface area contributed by atoms with Crippen molar-refractivity contribution in [2.75, 3.05) is 0 Å². The Hall–Kier alpha value is -2.91. The predicted octanol–water partition coefficient (Wildman–Crippen LogP) is 5.56. The Morgan fingerprint density at radius 3 is 2.48 bits per heavy atom. The highest BCUT2D eigenvalue weighted by Gasteiger charge is 2.42. The zero-order valence-electron chi connectivity index (χ0n) is 14.2. The Labute approximate surface area is 171 Å². The van der Waals surface area contributed by atoms with Crippen LogP contribution in [-0.2, 0) is 0 Å². The summed E-state index contributed by atoms with van der Waals surface area (Å²) in [6.07, 6.45) is -6.35. The first-order valence-corrected chi connectivity index (χ1v) is 8.66. The van der Waals surface area contributed by atoms with E-state index in [-0.39, 0.29) is 27.1 Å². The summed E-state index contributed by atoms with van der Waals surface area (Å²) >= 11 is 11.7. The van der Waals surface area contributed by atoms with Gasteiger partial charge in [-0.1, -0.05) is 35.3 Å². The van der Waals surface area contributed by atoms with Gasteiger partial charge in [-0.15, -0.1) is 0 Å². The molecule has 0 saturated carbocycles. The summed E-state index contributed by atoms with van der Waals surface area (Å²) in [5.41, 5.74) is -0.0985. The lowest BCUT2D eigenvalue weighted by Gasteiger charge is -2.22. The molecule has 0 aliphatic rings. The number of carbonyl (C=O) groups is 2. The molecule has 3 N–H and O–H groups in total. The number of rotatable bonds is 4. The highest BCUT2D eigenvalue weighted by atomic mass is 35.5. The Morgan fingerprint density at radius 2 is 1.86 bits per heavy atom. The summed E-state index contributed by atoms with van der Waals surface area (Å²) in [5.74, 6) is -1.20. The van der Waals surface area contributed by atoms with E-state index in [2.05, 4.69) is 9.72 Å². The van der Waals surface area contributed by atoms with Gasteiger partial charge in [-0.25, -0.2) is 4.79 Å². The first-order chi connectivity index (χ1) is 13.5. The van der Waals surface area contributed by atoms with E-state index in [9.17, 15) is 22.8 Å². The van der Waals surface area contributed by atoms with Crippen LogP contribution in [0.1, 0.15) is 22.1 Å². The quantitative estimate of drug-likeness (QED) is 0.361. The molecule has 3 aromatic rings. The number of benzene rings is 2. The number of amides is 1. The van der Waals surface area contributed by atoms with Gasteiger partial charge in [-0.05, 0) is 35.9 Å². The molecule has 0 aliphatic heterocycles. The number of nitrogens with one attached hydrogen (secondary N) is 2. The zero-order valence-corrected chi connectivity index (χ0v) is 15.7. The van der Waals surface area contributed by atoms with Crippen LogP contribution in [0, 0.1) is 0 Å². The van der Waals surface area contributed by atoms with Crippen molar-refractivity contribution in [3.63, 3.8) is 0 Å². The minimum atomic E-state index is -4.77. The number of carbonyl (C=O) groups excluding carboxylic acids is 1. The van der Waals surface area contributed by atoms with Crippen molar-refractivity contribution >= 4 is 46.2 Å². The number of ether oxygens (including phenoxy) is 1. The zero-order chi connectivity index (χ0) is 21.3. The van der Waals surface area contributed by atoms with Gasteiger partial charge >= 0.3 is 12.3 Å². The molecule has 2 aromatic carbocycles. The number of aromatic amines is 1. The van der Waals surface area contributed by atoms with Gasteiger partial charge in [0.15, 0.2) is 11.8 Å². The maximum Gasteiger partial charge on any atom is 0.511 e. The highest BCUT2D eigenvalue weighted by Crippen LogP contribution is 2.34. The van der Waals surface area contributed by atoms with Crippen LogP contribution in [0.2, 0.25) is 10.0 Å². The minimum absolute atomic E-state index is 0.0548. The lowest BCUT2D eigenvalue weighted by molar-refractivity contribution is -0.155. The van der Waals surface area contributed by atoms with Crippen LogP contribution in [0.15, 0.2) is 42.5 Å².